The first-order valence-electron chi connectivity index (χ1n) is 6.02. The van der Waals surface area contributed by atoms with Crippen LogP contribution in [0.4, 0.5) is 5.82 Å². The lowest BCUT2D eigenvalue weighted by molar-refractivity contribution is 0.102. The fourth-order valence-electron chi connectivity index (χ4n) is 1.76. The van der Waals surface area contributed by atoms with Crippen LogP contribution in [0.2, 0.25) is 0 Å². The molecule has 0 unspecified atom stereocenters. The monoisotopic (exact) mass is 271 g/mol. The molecule has 0 saturated heterocycles. The van der Waals surface area contributed by atoms with Crippen LogP contribution in [-0.4, -0.2) is 35.2 Å². The van der Waals surface area contributed by atoms with Crippen molar-refractivity contribution in [3.8, 4) is 0 Å². The number of hydrogen-bond donors (Lipinski definition) is 1. The van der Waals surface area contributed by atoms with Crippen molar-refractivity contribution in [3.05, 3.63) is 48.7 Å². The predicted octanol–water partition coefficient (Wildman–Crippen LogP) is 0.571. The van der Waals surface area contributed by atoms with E-state index in [1.807, 2.05) is 12.3 Å². The molecule has 3 aromatic heterocycles. The third kappa shape index (κ3) is 2.58. The first-order chi connectivity index (χ1) is 9.70. The Hall–Kier alpha value is -2.90. The fourth-order valence-corrected chi connectivity index (χ4v) is 1.76. The Morgan fingerprint density at radius 3 is 2.80 bits per heavy atom. The van der Waals surface area contributed by atoms with E-state index in [9.17, 15) is 4.79 Å². The van der Waals surface area contributed by atoms with Crippen LogP contribution in [-0.2, 0) is 13.7 Å². The summed E-state index contributed by atoms with van der Waals surface area (Å²) in [5.74, 6) is 0.210. The number of carbonyl (C=O) groups excluding carboxylic acids is 1. The highest BCUT2D eigenvalue weighted by Crippen LogP contribution is 2.04. The molecule has 0 atom stereocenters. The topological polar surface area (TPSA) is 82.6 Å². The lowest BCUT2D eigenvalue weighted by Crippen LogP contribution is -2.15. The summed E-state index contributed by atoms with van der Waals surface area (Å²) in [7, 11) is 1.79. The Kier molecular flexibility index (Phi) is 3.04. The van der Waals surface area contributed by atoms with Gasteiger partial charge in [0.05, 0.1) is 0 Å². The van der Waals surface area contributed by atoms with Crippen molar-refractivity contribution in [3.63, 3.8) is 0 Å². The summed E-state index contributed by atoms with van der Waals surface area (Å²) in [6.07, 6.45) is 7.01. The van der Waals surface area contributed by atoms with Crippen LogP contribution in [0.15, 0.2) is 43.0 Å². The van der Waals surface area contributed by atoms with Gasteiger partial charge in [0.1, 0.15) is 6.67 Å². The van der Waals surface area contributed by atoms with Gasteiger partial charge >= 0.3 is 0 Å². The van der Waals surface area contributed by atoms with Crippen molar-refractivity contribution >= 4 is 11.7 Å². The van der Waals surface area contributed by atoms with Crippen molar-refractivity contribution in [2.45, 2.75) is 6.67 Å². The first-order valence-corrected chi connectivity index (χ1v) is 6.02. The molecule has 0 saturated carbocycles. The van der Waals surface area contributed by atoms with Crippen LogP contribution in [0.1, 0.15) is 10.5 Å². The molecular formula is C12H13N7O. The second-order valence-corrected chi connectivity index (χ2v) is 4.26. The van der Waals surface area contributed by atoms with Crippen LogP contribution in [0.3, 0.4) is 0 Å². The minimum Gasteiger partial charge on any atom is -0.304 e. The molecule has 8 nitrogen and oxygen atoms in total. The molecule has 1 amide bonds. The number of nitrogens with zero attached hydrogens (tertiary/aromatic N) is 6. The summed E-state index contributed by atoms with van der Waals surface area (Å²) in [5, 5.41) is 15.0. The molecule has 0 aromatic carbocycles. The maximum absolute atomic E-state index is 12.0. The molecular weight excluding hydrogens is 258 g/mol. The smallest absolute Gasteiger partial charge is 0.277 e. The van der Waals surface area contributed by atoms with E-state index >= 15 is 0 Å². The average Bonchev–Trinajstić information content (AvgIpc) is 3.12. The Bertz CT molecular complexity index is 710. The maximum atomic E-state index is 12.0. The summed E-state index contributed by atoms with van der Waals surface area (Å²) in [4.78, 5) is 12.0. The quantitative estimate of drug-likeness (QED) is 0.752. The third-order valence-corrected chi connectivity index (χ3v) is 2.68. The lowest BCUT2D eigenvalue weighted by atomic mass is 10.4. The summed E-state index contributed by atoms with van der Waals surface area (Å²) in [6, 6.07) is 5.21. The molecule has 0 aliphatic rings. The number of carbonyl (C=O) groups is 1. The Morgan fingerprint density at radius 2 is 2.10 bits per heavy atom. The van der Waals surface area contributed by atoms with Crippen LogP contribution in [0.5, 0.6) is 0 Å². The van der Waals surface area contributed by atoms with Gasteiger partial charge in [-0.2, -0.15) is 15.3 Å². The SMILES string of the molecule is Cn1ccc(NC(=O)c2ccn(Cn3cccn3)n2)n1. The zero-order valence-corrected chi connectivity index (χ0v) is 10.8. The van der Waals surface area contributed by atoms with E-state index < -0.39 is 0 Å². The second-order valence-electron chi connectivity index (χ2n) is 4.26. The van der Waals surface area contributed by atoms with Crippen molar-refractivity contribution in [2.75, 3.05) is 5.32 Å². The van der Waals surface area contributed by atoms with Gasteiger partial charge in [-0.15, -0.1) is 0 Å². The minimum atomic E-state index is -0.289. The highest BCUT2D eigenvalue weighted by atomic mass is 16.2. The molecule has 3 aromatic rings. The van der Waals surface area contributed by atoms with Crippen molar-refractivity contribution in [2.24, 2.45) is 7.05 Å². The highest BCUT2D eigenvalue weighted by molar-refractivity contribution is 6.02. The van der Waals surface area contributed by atoms with E-state index in [0.29, 0.717) is 18.2 Å². The fraction of sp³-hybridized carbons (Fsp3) is 0.167. The lowest BCUT2D eigenvalue weighted by Gasteiger charge is -2.01. The molecule has 0 spiro atoms. The number of anilines is 1. The van der Waals surface area contributed by atoms with Crippen LogP contribution in [0, 0.1) is 0 Å². The van der Waals surface area contributed by atoms with Gasteiger partial charge in [0, 0.05) is 37.9 Å². The highest BCUT2D eigenvalue weighted by Gasteiger charge is 2.11. The molecule has 0 bridgehead atoms. The summed E-state index contributed by atoms with van der Waals surface area (Å²) < 4.78 is 4.97. The van der Waals surface area contributed by atoms with E-state index in [-0.39, 0.29) is 5.91 Å². The number of rotatable bonds is 4. The predicted molar refractivity (Wildman–Crippen MR) is 71.0 cm³/mol. The standard InChI is InChI=1S/C12H13N7O/c1-17-7-4-11(16-17)14-12(20)10-3-8-19(15-10)9-18-6-2-5-13-18/h2-8H,9H2,1H3,(H,14,16,20). The normalized spacial score (nSPS) is 10.7. The Morgan fingerprint density at radius 1 is 1.20 bits per heavy atom. The van der Waals surface area contributed by atoms with Crippen LogP contribution < -0.4 is 5.32 Å². The van der Waals surface area contributed by atoms with Crippen LogP contribution >= 0.6 is 0 Å². The summed E-state index contributed by atoms with van der Waals surface area (Å²) in [5.41, 5.74) is 0.336. The zero-order valence-electron chi connectivity index (χ0n) is 10.8. The number of aryl methyl sites for hydroxylation is 1. The summed E-state index contributed by atoms with van der Waals surface area (Å²) in [6.45, 7) is 0.462. The van der Waals surface area contributed by atoms with Gasteiger partial charge in [-0.3, -0.25) is 18.8 Å². The van der Waals surface area contributed by atoms with Crippen molar-refractivity contribution < 1.29 is 4.79 Å². The number of hydrogen-bond acceptors (Lipinski definition) is 4. The number of nitrogens with one attached hydrogen (secondary N) is 1. The number of amides is 1. The Labute approximate surface area is 114 Å². The first kappa shape index (κ1) is 12.2. The molecule has 0 fully saturated rings. The molecule has 0 aliphatic carbocycles. The largest absolute Gasteiger partial charge is 0.304 e. The second kappa shape index (κ2) is 5.00. The molecule has 1 N–H and O–H groups in total. The van der Waals surface area contributed by atoms with Gasteiger partial charge in [-0.25, -0.2) is 0 Å². The Balaban J connectivity index is 1.68. The van der Waals surface area contributed by atoms with Crippen LogP contribution in [0.25, 0.3) is 0 Å². The van der Waals surface area contributed by atoms with E-state index in [2.05, 4.69) is 20.6 Å². The zero-order chi connectivity index (χ0) is 13.9. The van der Waals surface area contributed by atoms with Crippen molar-refractivity contribution in [1.82, 2.24) is 29.3 Å². The summed E-state index contributed by atoms with van der Waals surface area (Å²) >= 11 is 0. The molecule has 3 heterocycles. The van der Waals surface area contributed by atoms with Gasteiger partial charge < -0.3 is 5.32 Å². The van der Waals surface area contributed by atoms with Gasteiger partial charge in [-0.05, 0) is 12.1 Å². The van der Waals surface area contributed by atoms with Gasteiger partial charge in [0.15, 0.2) is 11.5 Å². The molecule has 102 valence electrons. The van der Waals surface area contributed by atoms with Gasteiger partial charge in [-0.1, -0.05) is 0 Å². The molecule has 0 radical (unpaired) electrons. The van der Waals surface area contributed by atoms with E-state index in [1.54, 1.807) is 51.8 Å². The van der Waals surface area contributed by atoms with Gasteiger partial charge in [0.2, 0.25) is 0 Å². The molecule has 0 aliphatic heterocycles. The maximum Gasteiger partial charge on any atom is 0.277 e. The third-order valence-electron chi connectivity index (χ3n) is 2.68. The number of aromatic nitrogens is 6. The van der Waals surface area contributed by atoms with E-state index in [4.69, 9.17) is 0 Å². The molecule has 3 rings (SSSR count). The van der Waals surface area contributed by atoms with Gasteiger partial charge in [0.25, 0.3) is 5.91 Å². The molecule has 20 heavy (non-hydrogen) atoms. The van der Waals surface area contributed by atoms with E-state index in [1.165, 1.54) is 0 Å². The minimum absolute atomic E-state index is 0.289. The van der Waals surface area contributed by atoms with E-state index in [0.717, 1.165) is 0 Å². The molecule has 8 heteroatoms. The average molecular weight is 271 g/mol. The van der Waals surface area contributed by atoms with Crippen molar-refractivity contribution in [1.29, 1.82) is 0 Å².